The minimum absolute atomic E-state index is 0. The van der Waals surface area contributed by atoms with Crippen molar-refractivity contribution in [1.29, 1.82) is 0 Å². The first kappa shape index (κ1) is 17.6. The van der Waals surface area contributed by atoms with E-state index in [2.05, 4.69) is 5.32 Å². The van der Waals surface area contributed by atoms with Crippen molar-refractivity contribution in [3.8, 4) is 11.5 Å². The molecule has 2 aromatic carbocycles. The highest BCUT2D eigenvalue weighted by molar-refractivity contribution is 7.91. The molecule has 0 saturated heterocycles. The molecule has 0 radical (unpaired) electrons. The molecule has 2 aromatic rings. The van der Waals surface area contributed by atoms with E-state index in [1.807, 2.05) is 7.05 Å². The Morgan fingerprint density at radius 3 is 2.52 bits per heavy atom. The van der Waals surface area contributed by atoms with Gasteiger partial charge in [0.15, 0.2) is 11.5 Å². The summed E-state index contributed by atoms with van der Waals surface area (Å²) in [6.07, 6.45) is -0.132. The van der Waals surface area contributed by atoms with E-state index in [-0.39, 0.29) is 28.3 Å². The molecule has 0 unspecified atom stereocenters. The number of benzene rings is 2. The average Bonchev–Trinajstić information content (AvgIpc) is 2.55. The zero-order valence-electron chi connectivity index (χ0n) is 12.6. The van der Waals surface area contributed by atoms with Gasteiger partial charge >= 0.3 is 0 Å². The van der Waals surface area contributed by atoms with Crippen molar-refractivity contribution < 1.29 is 17.9 Å². The third-order valence-corrected chi connectivity index (χ3v) is 5.20. The molecule has 3 rings (SSSR count). The summed E-state index contributed by atoms with van der Waals surface area (Å²) in [5, 5.41) is 3.02. The lowest BCUT2D eigenvalue weighted by Crippen LogP contribution is -2.37. The Morgan fingerprint density at radius 1 is 1.09 bits per heavy atom. The van der Waals surface area contributed by atoms with Gasteiger partial charge in [-0.2, -0.15) is 0 Å². The first-order valence-electron chi connectivity index (χ1n) is 6.99. The number of nitrogens with one attached hydrogen (secondary N) is 1. The van der Waals surface area contributed by atoms with Crippen LogP contribution >= 0.6 is 12.4 Å². The maximum Gasteiger partial charge on any atom is 0.206 e. The zero-order valence-corrected chi connectivity index (χ0v) is 14.2. The summed E-state index contributed by atoms with van der Waals surface area (Å²) in [5.41, 5.74) is 0. The lowest BCUT2D eigenvalue weighted by atomic mass is 10.2. The van der Waals surface area contributed by atoms with Crippen LogP contribution in [0.1, 0.15) is 0 Å². The summed E-state index contributed by atoms with van der Waals surface area (Å²) >= 11 is 0. The van der Waals surface area contributed by atoms with Gasteiger partial charge in [0.05, 0.1) is 9.79 Å². The first-order valence-corrected chi connectivity index (χ1v) is 8.48. The molecule has 0 fully saturated rings. The topological polar surface area (TPSA) is 64.6 Å². The Hall–Kier alpha value is -1.76. The molecular weight excluding hydrogens is 338 g/mol. The Balaban J connectivity index is 0.00000192. The Bertz CT molecular complexity index is 765. The Kier molecular flexibility index (Phi) is 5.51. The predicted octanol–water partition coefficient (Wildman–Crippen LogP) is 2.30. The molecule has 0 bridgehead atoms. The summed E-state index contributed by atoms with van der Waals surface area (Å²) in [7, 11) is -1.72. The lowest BCUT2D eigenvalue weighted by molar-refractivity contribution is 0.0915. The van der Waals surface area contributed by atoms with E-state index < -0.39 is 9.84 Å². The van der Waals surface area contributed by atoms with Crippen LogP contribution in [0.25, 0.3) is 0 Å². The number of hydrogen-bond donors (Lipinski definition) is 1. The number of halogens is 1. The van der Waals surface area contributed by atoms with Crippen molar-refractivity contribution >= 4 is 22.2 Å². The fourth-order valence-corrected chi connectivity index (χ4v) is 3.62. The van der Waals surface area contributed by atoms with Crippen molar-refractivity contribution in [1.82, 2.24) is 5.32 Å². The van der Waals surface area contributed by atoms with E-state index in [1.54, 1.807) is 42.5 Å². The van der Waals surface area contributed by atoms with Crippen LogP contribution in [-0.2, 0) is 9.84 Å². The van der Waals surface area contributed by atoms with Gasteiger partial charge in [0, 0.05) is 12.6 Å². The second-order valence-electron chi connectivity index (χ2n) is 5.03. The predicted molar refractivity (Wildman–Crippen MR) is 89.4 cm³/mol. The monoisotopic (exact) mass is 355 g/mol. The summed E-state index contributed by atoms with van der Waals surface area (Å²) in [6.45, 7) is 1.08. The minimum Gasteiger partial charge on any atom is -0.486 e. The van der Waals surface area contributed by atoms with Crippen LogP contribution in [-0.4, -0.2) is 34.7 Å². The number of ether oxygens (including phenoxy) is 2. The van der Waals surface area contributed by atoms with E-state index in [4.69, 9.17) is 9.47 Å². The molecule has 0 spiro atoms. The highest BCUT2D eigenvalue weighted by Crippen LogP contribution is 2.35. The summed E-state index contributed by atoms with van der Waals surface area (Å²) in [5.74, 6) is 1.03. The van der Waals surface area contributed by atoms with Crippen molar-refractivity contribution in [3.63, 3.8) is 0 Å². The zero-order chi connectivity index (χ0) is 15.6. The van der Waals surface area contributed by atoms with E-state index in [9.17, 15) is 8.42 Å². The minimum atomic E-state index is -3.55. The molecule has 1 aliphatic rings. The molecule has 124 valence electrons. The lowest BCUT2D eigenvalue weighted by Gasteiger charge is -2.26. The maximum atomic E-state index is 12.6. The molecular formula is C16H18ClNO4S. The second-order valence-corrected chi connectivity index (χ2v) is 6.98. The molecule has 0 amide bonds. The van der Waals surface area contributed by atoms with Crippen LogP contribution in [0.4, 0.5) is 0 Å². The van der Waals surface area contributed by atoms with E-state index in [1.165, 1.54) is 6.07 Å². The fourth-order valence-electron chi connectivity index (χ4n) is 2.33. The number of likely N-dealkylation sites (N-methyl/N-ethyl adjacent to an activating group) is 1. The molecule has 1 atom stereocenters. The Labute approximate surface area is 141 Å². The normalized spacial score (nSPS) is 16.5. The number of fused-ring (bicyclic) bond motifs is 1. The van der Waals surface area contributed by atoms with Gasteiger partial charge in [-0.3, -0.25) is 0 Å². The third-order valence-electron chi connectivity index (χ3n) is 3.43. The summed E-state index contributed by atoms with van der Waals surface area (Å²) in [4.78, 5) is 0.463. The molecule has 0 aromatic heterocycles. The van der Waals surface area contributed by atoms with Gasteiger partial charge in [-0.15, -0.1) is 12.4 Å². The smallest absolute Gasteiger partial charge is 0.206 e. The average molecular weight is 356 g/mol. The van der Waals surface area contributed by atoms with Crippen molar-refractivity contribution in [2.75, 3.05) is 20.2 Å². The van der Waals surface area contributed by atoms with Crippen LogP contribution in [0.2, 0.25) is 0 Å². The highest BCUT2D eigenvalue weighted by atomic mass is 35.5. The van der Waals surface area contributed by atoms with Crippen molar-refractivity contribution in [3.05, 3.63) is 48.5 Å². The second kappa shape index (κ2) is 7.21. The standard InChI is InChI=1S/C16H17NO4S.ClH/c1-17-10-12-11-20-15-8-7-14(9-16(15)21-12)22(18,19)13-5-3-2-4-6-13;/h2-9,12,17H,10-11H2,1H3;1H/t12-;/m0./s1. The van der Waals surface area contributed by atoms with Gasteiger partial charge in [0.25, 0.3) is 0 Å². The van der Waals surface area contributed by atoms with Crippen LogP contribution in [0.15, 0.2) is 58.3 Å². The van der Waals surface area contributed by atoms with Crippen LogP contribution < -0.4 is 14.8 Å². The fraction of sp³-hybridized carbons (Fsp3) is 0.250. The summed E-state index contributed by atoms with van der Waals surface area (Å²) < 4.78 is 36.6. The molecule has 5 nitrogen and oxygen atoms in total. The number of rotatable bonds is 4. The molecule has 7 heteroatoms. The van der Waals surface area contributed by atoms with Crippen molar-refractivity contribution in [2.45, 2.75) is 15.9 Å². The quantitative estimate of drug-likeness (QED) is 0.911. The molecule has 0 aliphatic carbocycles. The van der Waals surface area contributed by atoms with Crippen LogP contribution in [0.3, 0.4) is 0 Å². The van der Waals surface area contributed by atoms with E-state index >= 15 is 0 Å². The van der Waals surface area contributed by atoms with Crippen molar-refractivity contribution in [2.24, 2.45) is 0 Å². The molecule has 0 saturated carbocycles. The van der Waals surface area contributed by atoms with Gasteiger partial charge < -0.3 is 14.8 Å². The van der Waals surface area contributed by atoms with Gasteiger partial charge in [0.2, 0.25) is 9.84 Å². The van der Waals surface area contributed by atoms with Crippen LogP contribution in [0, 0.1) is 0 Å². The number of hydrogen-bond acceptors (Lipinski definition) is 5. The Morgan fingerprint density at radius 2 is 1.83 bits per heavy atom. The van der Waals surface area contributed by atoms with Gasteiger partial charge in [0.1, 0.15) is 12.7 Å². The highest BCUT2D eigenvalue weighted by Gasteiger charge is 2.24. The molecule has 1 heterocycles. The summed E-state index contributed by atoms with van der Waals surface area (Å²) in [6, 6.07) is 13.1. The van der Waals surface area contributed by atoms with Crippen LogP contribution in [0.5, 0.6) is 11.5 Å². The first-order chi connectivity index (χ1) is 10.6. The van der Waals surface area contributed by atoms with Gasteiger partial charge in [-0.25, -0.2) is 8.42 Å². The molecule has 1 aliphatic heterocycles. The largest absolute Gasteiger partial charge is 0.486 e. The number of sulfone groups is 1. The SMILES string of the molecule is CNC[C@H]1COc2ccc(S(=O)(=O)c3ccccc3)cc2O1.Cl. The van der Waals surface area contributed by atoms with E-state index in [0.29, 0.717) is 24.7 Å². The third kappa shape index (κ3) is 3.60. The van der Waals surface area contributed by atoms with Gasteiger partial charge in [-0.05, 0) is 31.3 Å². The molecule has 1 N–H and O–H groups in total. The van der Waals surface area contributed by atoms with E-state index in [0.717, 1.165) is 0 Å². The molecule has 23 heavy (non-hydrogen) atoms. The maximum absolute atomic E-state index is 12.6. The van der Waals surface area contributed by atoms with Gasteiger partial charge in [-0.1, -0.05) is 18.2 Å².